The number of hydrogen-bond donors (Lipinski definition) is 2. The molecule has 0 saturated heterocycles. The van der Waals surface area contributed by atoms with Gasteiger partial charge in [0.15, 0.2) is 0 Å². The van der Waals surface area contributed by atoms with Crippen molar-refractivity contribution >= 4 is 5.97 Å². The Bertz CT molecular complexity index is 158. The van der Waals surface area contributed by atoms with Crippen LogP contribution in [0.3, 0.4) is 0 Å². The first kappa shape index (κ1) is 8.53. The molecule has 0 aromatic rings. The van der Waals surface area contributed by atoms with E-state index in [-0.39, 0.29) is 12.0 Å². The third-order valence-corrected chi connectivity index (χ3v) is 2.58. The van der Waals surface area contributed by atoms with E-state index in [9.17, 15) is 4.79 Å². The van der Waals surface area contributed by atoms with E-state index in [1.807, 2.05) is 6.92 Å². The minimum atomic E-state index is -0.663. The first-order valence-corrected chi connectivity index (χ1v) is 4.09. The van der Waals surface area contributed by atoms with Crippen LogP contribution in [0.4, 0.5) is 0 Å². The van der Waals surface area contributed by atoms with E-state index in [1.165, 1.54) is 0 Å². The Morgan fingerprint density at radius 3 is 2.64 bits per heavy atom. The van der Waals surface area contributed by atoms with Gasteiger partial charge in [-0.3, -0.25) is 4.79 Å². The normalized spacial score (nSPS) is 38.5. The highest BCUT2D eigenvalue weighted by molar-refractivity contribution is 5.70. The number of carboxylic acid groups (broad SMARTS) is 1. The first-order chi connectivity index (χ1) is 5.11. The van der Waals surface area contributed by atoms with Gasteiger partial charge in [0.2, 0.25) is 0 Å². The number of hydrogen-bond acceptors (Lipinski definition) is 2. The van der Waals surface area contributed by atoms with Gasteiger partial charge in [-0.15, -0.1) is 0 Å². The SMILES string of the molecule is CC1CC(C(=O)O)CCC1N. The van der Waals surface area contributed by atoms with Gasteiger partial charge in [0, 0.05) is 6.04 Å². The summed E-state index contributed by atoms with van der Waals surface area (Å²) in [5.74, 6) is -0.446. The van der Waals surface area contributed by atoms with E-state index in [0.717, 1.165) is 19.3 Å². The lowest BCUT2D eigenvalue weighted by molar-refractivity contribution is -0.143. The molecule has 3 heteroatoms. The van der Waals surface area contributed by atoms with E-state index in [2.05, 4.69) is 0 Å². The lowest BCUT2D eigenvalue weighted by atomic mass is 9.79. The van der Waals surface area contributed by atoms with E-state index < -0.39 is 5.97 Å². The van der Waals surface area contributed by atoms with E-state index in [0.29, 0.717) is 5.92 Å². The van der Waals surface area contributed by atoms with Crippen LogP contribution < -0.4 is 5.73 Å². The smallest absolute Gasteiger partial charge is 0.306 e. The molecule has 3 nitrogen and oxygen atoms in total. The molecule has 11 heavy (non-hydrogen) atoms. The summed E-state index contributed by atoms with van der Waals surface area (Å²) in [6.07, 6.45) is 2.36. The second kappa shape index (κ2) is 3.22. The maximum Gasteiger partial charge on any atom is 0.306 e. The largest absolute Gasteiger partial charge is 0.481 e. The van der Waals surface area contributed by atoms with Crippen molar-refractivity contribution in [3.05, 3.63) is 0 Å². The highest BCUT2D eigenvalue weighted by Crippen LogP contribution is 2.27. The molecule has 0 aliphatic heterocycles. The number of carbonyl (C=O) groups is 1. The summed E-state index contributed by atoms with van der Waals surface area (Å²) < 4.78 is 0. The Morgan fingerprint density at radius 1 is 1.55 bits per heavy atom. The summed E-state index contributed by atoms with van der Waals surface area (Å²) >= 11 is 0. The van der Waals surface area contributed by atoms with Crippen LogP contribution in [0.1, 0.15) is 26.2 Å². The Balaban J connectivity index is 2.46. The van der Waals surface area contributed by atoms with Crippen molar-refractivity contribution in [2.24, 2.45) is 17.6 Å². The number of rotatable bonds is 1. The van der Waals surface area contributed by atoms with Crippen LogP contribution in [0, 0.1) is 11.8 Å². The van der Waals surface area contributed by atoms with Gasteiger partial charge in [-0.05, 0) is 25.2 Å². The average molecular weight is 157 g/mol. The maximum absolute atomic E-state index is 10.6. The lowest BCUT2D eigenvalue weighted by Gasteiger charge is -2.29. The van der Waals surface area contributed by atoms with E-state index >= 15 is 0 Å². The van der Waals surface area contributed by atoms with Crippen molar-refractivity contribution in [3.8, 4) is 0 Å². The van der Waals surface area contributed by atoms with Crippen molar-refractivity contribution in [2.75, 3.05) is 0 Å². The van der Waals surface area contributed by atoms with Crippen LogP contribution in [-0.4, -0.2) is 17.1 Å². The summed E-state index contributed by atoms with van der Waals surface area (Å²) in [4.78, 5) is 10.6. The van der Waals surface area contributed by atoms with Crippen LogP contribution >= 0.6 is 0 Å². The maximum atomic E-state index is 10.6. The molecule has 3 unspecified atom stereocenters. The van der Waals surface area contributed by atoms with Crippen LogP contribution in [0.25, 0.3) is 0 Å². The van der Waals surface area contributed by atoms with Crippen molar-refractivity contribution in [1.82, 2.24) is 0 Å². The van der Waals surface area contributed by atoms with Gasteiger partial charge in [-0.1, -0.05) is 6.92 Å². The fourth-order valence-corrected chi connectivity index (χ4v) is 1.64. The Hall–Kier alpha value is -0.570. The second-order valence-electron chi connectivity index (χ2n) is 3.49. The lowest BCUT2D eigenvalue weighted by Crippen LogP contribution is -2.36. The summed E-state index contributed by atoms with van der Waals surface area (Å²) in [7, 11) is 0. The number of nitrogens with two attached hydrogens (primary N) is 1. The first-order valence-electron chi connectivity index (χ1n) is 4.09. The zero-order valence-corrected chi connectivity index (χ0v) is 6.79. The molecule has 0 bridgehead atoms. The molecule has 0 radical (unpaired) electrons. The van der Waals surface area contributed by atoms with Gasteiger partial charge in [0.05, 0.1) is 5.92 Å². The van der Waals surface area contributed by atoms with Gasteiger partial charge in [0.25, 0.3) is 0 Å². The van der Waals surface area contributed by atoms with Gasteiger partial charge in [0.1, 0.15) is 0 Å². The summed E-state index contributed by atoms with van der Waals surface area (Å²) in [6.45, 7) is 2.03. The molecular weight excluding hydrogens is 142 g/mol. The number of carboxylic acids is 1. The van der Waals surface area contributed by atoms with Crippen LogP contribution in [0.5, 0.6) is 0 Å². The van der Waals surface area contributed by atoms with Gasteiger partial charge in [-0.25, -0.2) is 0 Å². The Kier molecular flexibility index (Phi) is 2.49. The van der Waals surface area contributed by atoms with Crippen molar-refractivity contribution in [2.45, 2.75) is 32.2 Å². The average Bonchev–Trinajstić information content (AvgIpc) is 1.94. The molecule has 0 aromatic carbocycles. The van der Waals surface area contributed by atoms with Crippen LogP contribution in [0.2, 0.25) is 0 Å². The molecule has 1 fully saturated rings. The van der Waals surface area contributed by atoms with Gasteiger partial charge >= 0.3 is 5.97 Å². The topological polar surface area (TPSA) is 63.3 Å². The Morgan fingerprint density at radius 2 is 2.18 bits per heavy atom. The summed E-state index contributed by atoms with van der Waals surface area (Å²) in [5.41, 5.74) is 5.75. The standard InChI is InChI=1S/C8H15NO2/c1-5-4-6(8(10)11)2-3-7(5)9/h5-7H,2-4,9H2,1H3,(H,10,11). The van der Waals surface area contributed by atoms with E-state index in [4.69, 9.17) is 10.8 Å². The zero-order chi connectivity index (χ0) is 8.43. The molecule has 0 amide bonds. The molecule has 0 heterocycles. The molecule has 3 N–H and O–H groups in total. The van der Waals surface area contributed by atoms with Gasteiger partial charge in [-0.2, -0.15) is 0 Å². The highest BCUT2D eigenvalue weighted by Gasteiger charge is 2.28. The van der Waals surface area contributed by atoms with Crippen LogP contribution in [0.15, 0.2) is 0 Å². The minimum Gasteiger partial charge on any atom is -0.481 e. The number of aliphatic carboxylic acids is 1. The molecule has 64 valence electrons. The molecule has 3 atom stereocenters. The fourth-order valence-electron chi connectivity index (χ4n) is 1.64. The highest BCUT2D eigenvalue weighted by atomic mass is 16.4. The molecule has 1 rings (SSSR count). The predicted octanol–water partition coefficient (Wildman–Crippen LogP) is 0.835. The zero-order valence-electron chi connectivity index (χ0n) is 6.79. The summed E-state index contributed by atoms with van der Waals surface area (Å²) in [6, 6.07) is 0.214. The monoisotopic (exact) mass is 157 g/mol. The third-order valence-electron chi connectivity index (χ3n) is 2.58. The van der Waals surface area contributed by atoms with Crippen LogP contribution in [-0.2, 0) is 4.79 Å². The van der Waals surface area contributed by atoms with Crippen molar-refractivity contribution in [1.29, 1.82) is 0 Å². The molecule has 1 saturated carbocycles. The molecule has 1 aliphatic carbocycles. The van der Waals surface area contributed by atoms with Gasteiger partial charge < -0.3 is 10.8 Å². The van der Waals surface area contributed by atoms with Crippen molar-refractivity contribution in [3.63, 3.8) is 0 Å². The fraction of sp³-hybridized carbons (Fsp3) is 0.875. The second-order valence-corrected chi connectivity index (χ2v) is 3.49. The van der Waals surface area contributed by atoms with Crippen molar-refractivity contribution < 1.29 is 9.90 Å². The molecular formula is C8H15NO2. The minimum absolute atomic E-state index is 0.148. The molecule has 0 aromatic heterocycles. The van der Waals surface area contributed by atoms with E-state index in [1.54, 1.807) is 0 Å². The quantitative estimate of drug-likeness (QED) is 0.592. The predicted molar refractivity (Wildman–Crippen MR) is 42.1 cm³/mol. The Labute approximate surface area is 66.6 Å². The third kappa shape index (κ3) is 1.93. The molecule has 0 spiro atoms. The summed E-state index contributed by atoms with van der Waals surface area (Å²) in [5, 5.41) is 8.70. The molecule has 1 aliphatic rings.